The molecule has 0 aromatic heterocycles. The SMILES string of the molecule is CCCCCCCCC(C)(C(C)(C)P)C(C)(C)CC. The van der Waals surface area contributed by atoms with Crippen LogP contribution in [0.1, 0.15) is 99.8 Å². The maximum absolute atomic E-state index is 3.12. The van der Waals surface area contributed by atoms with Crippen LogP contribution < -0.4 is 0 Å². The highest BCUT2D eigenvalue weighted by Gasteiger charge is 2.47. The molecule has 0 heterocycles. The van der Waals surface area contributed by atoms with E-state index in [4.69, 9.17) is 0 Å². The summed E-state index contributed by atoms with van der Waals surface area (Å²) in [6.45, 7) is 16.8. The van der Waals surface area contributed by atoms with Gasteiger partial charge < -0.3 is 0 Å². The van der Waals surface area contributed by atoms with Gasteiger partial charge in [-0.15, -0.1) is 9.24 Å². The van der Waals surface area contributed by atoms with Gasteiger partial charge in [-0.3, -0.25) is 0 Å². The van der Waals surface area contributed by atoms with Crippen molar-refractivity contribution < 1.29 is 0 Å². The third-order valence-electron chi connectivity index (χ3n) is 5.83. The molecule has 19 heavy (non-hydrogen) atoms. The Morgan fingerprint density at radius 2 is 1.21 bits per heavy atom. The van der Waals surface area contributed by atoms with Crippen molar-refractivity contribution in [3.8, 4) is 0 Å². The summed E-state index contributed by atoms with van der Waals surface area (Å²) in [6.07, 6.45) is 11.0. The first kappa shape index (κ1) is 19.4. The van der Waals surface area contributed by atoms with Crippen molar-refractivity contribution in [2.75, 3.05) is 0 Å². The summed E-state index contributed by atoms with van der Waals surface area (Å²) in [5.74, 6) is 0. The third kappa shape index (κ3) is 5.37. The lowest BCUT2D eigenvalue weighted by Gasteiger charge is -2.53. The van der Waals surface area contributed by atoms with Crippen molar-refractivity contribution in [2.45, 2.75) is 105 Å². The normalized spacial score (nSPS) is 16.4. The molecule has 0 saturated carbocycles. The Hall–Kier alpha value is 0.430. The minimum atomic E-state index is 0.302. The summed E-state index contributed by atoms with van der Waals surface area (Å²) in [7, 11) is 3.12. The molecule has 0 aliphatic heterocycles. The van der Waals surface area contributed by atoms with Crippen LogP contribution >= 0.6 is 9.24 Å². The largest absolute Gasteiger partial charge is 0.131 e. The van der Waals surface area contributed by atoms with Gasteiger partial charge in [0.1, 0.15) is 0 Å². The standard InChI is InChI=1S/C18H39P/c1-8-10-11-12-13-14-15-18(7,17(5,6)19)16(3,4)9-2/h8-15,19H2,1-7H3. The van der Waals surface area contributed by atoms with E-state index in [1.807, 2.05) is 0 Å². The lowest BCUT2D eigenvalue weighted by Crippen LogP contribution is -2.47. The topological polar surface area (TPSA) is 0 Å². The molecule has 0 saturated heterocycles. The predicted octanol–water partition coefficient (Wildman–Crippen LogP) is 6.83. The molecule has 1 heteroatoms. The van der Waals surface area contributed by atoms with Gasteiger partial charge in [0, 0.05) is 0 Å². The number of hydrogen-bond donors (Lipinski definition) is 0. The first-order chi connectivity index (χ1) is 8.62. The fourth-order valence-electron chi connectivity index (χ4n) is 3.18. The Bertz CT molecular complexity index is 237. The molecule has 0 N–H and O–H groups in total. The molecule has 0 bridgehead atoms. The van der Waals surface area contributed by atoms with E-state index in [-0.39, 0.29) is 0 Å². The molecule has 0 rings (SSSR count). The smallest absolute Gasteiger partial charge is 0.0148 e. The van der Waals surface area contributed by atoms with Gasteiger partial charge in [-0.25, -0.2) is 0 Å². The quantitative estimate of drug-likeness (QED) is 0.305. The molecule has 0 nitrogen and oxygen atoms in total. The Morgan fingerprint density at radius 3 is 1.63 bits per heavy atom. The van der Waals surface area contributed by atoms with Crippen LogP contribution in [0.4, 0.5) is 0 Å². The van der Waals surface area contributed by atoms with Crippen LogP contribution in [0.15, 0.2) is 0 Å². The van der Waals surface area contributed by atoms with E-state index < -0.39 is 0 Å². The van der Waals surface area contributed by atoms with Crippen molar-refractivity contribution in [1.29, 1.82) is 0 Å². The summed E-state index contributed by atoms with van der Waals surface area (Å²) >= 11 is 0. The van der Waals surface area contributed by atoms with Crippen molar-refractivity contribution in [3.05, 3.63) is 0 Å². The van der Waals surface area contributed by atoms with Gasteiger partial charge in [-0.05, 0) is 22.4 Å². The van der Waals surface area contributed by atoms with Crippen molar-refractivity contribution in [1.82, 2.24) is 0 Å². The zero-order chi connectivity index (χ0) is 15.2. The lowest BCUT2D eigenvalue weighted by molar-refractivity contribution is 0.0366. The average Bonchev–Trinajstić information content (AvgIpc) is 2.31. The van der Waals surface area contributed by atoms with Crippen LogP contribution in [-0.4, -0.2) is 5.16 Å². The van der Waals surface area contributed by atoms with E-state index in [0.29, 0.717) is 16.0 Å². The molecule has 0 spiro atoms. The number of rotatable bonds is 10. The zero-order valence-corrected chi connectivity index (χ0v) is 15.9. The minimum Gasteiger partial charge on any atom is -0.131 e. The highest BCUT2D eigenvalue weighted by molar-refractivity contribution is 7.19. The summed E-state index contributed by atoms with van der Waals surface area (Å²) in [4.78, 5) is 0. The van der Waals surface area contributed by atoms with Crippen molar-refractivity contribution >= 4 is 9.24 Å². The van der Waals surface area contributed by atoms with Crippen LogP contribution in [0.3, 0.4) is 0 Å². The molecule has 0 aromatic rings. The molecule has 0 aliphatic carbocycles. The first-order valence-electron chi connectivity index (χ1n) is 8.41. The van der Waals surface area contributed by atoms with Gasteiger partial charge in [-0.1, -0.05) is 93.4 Å². The van der Waals surface area contributed by atoms with Crippen LogP contribution in [0.25, 0.3) is 0 Å². The third-order valence-corrected chi connectivity index (χ3v) is 6.47. The molecule has 116 valence electrons. The minimum absolute atomic E-state index is 0.302. The molecule has 0 fully saturated rings. The highest BCUT2D eigenvalue weighted by atomic mass is 31.0. The second-order valence-electron chi connectivity index (χ2n) is 7.81. The van der Waals surface area contributed by atoms with Crippen LogP contribution in [-0.2, 0) is 0 Å². The molecule has 2 unspecified atom stereocenters. The summed E-state index contributed by atoms with van der Waals surface area (Å²) in [5.41, 5.74) is 0.797. The maximum Gasteiger partial charge on any atom is -0.0148 e. The van der Waals surface area contributed by atoms with Gasteiger partial charge in [0.25, 0.3) is 0 Å². The average molecular weight is 286 g/mol. The van der Waals surface area contributed by atoms with Crippen LogP contribution in [0.5, 0.6) is 0 Å². The second kappa shape index (κ2) is 8.02. The molecule has 2 atom stereocenters. The molecule has 0 radical (unpaired) electrons. The molecule has 0 aliphatic rings. The van der Waals surface area contributed by atoms with Crippen molar-refractivity contribution in [3.63, 3.8) is 0 Å². The fourth-order valence-corrected chi connectivity index (χ4v) is 3.72. The second-order valence-corrected chi connectivity index (χ2v) is 9.25. The van der Waals surface area contributed by atoms with Gasteiger partial charge >= 0.3 is 0 Å². The molecule has 0 aromatic carbocycles. The predicted molar refractivity (Wildman–Crippen MR) is 94.0 cm³/mol. The Balaban J connectivity index is 4.48. The van der Waals surface area contributed by atoms with Gasteiger partial charge in [0.2, 0.25) is 0 Å². The van der Waals surface area contributed by atoms with E-state index >= 15 is 0 Å². The molecule has 0 amide bonds. The first-order valence-corrected chi connectivity index (χ1v) is 8.99. The lowest BCUT2D eigenvalue weighted by atomic mass is 9.57. The van der Waals surface area contributed by atoms with Gasteiger partial charge in [0.15, 0.2) is 0 Å². The Morgan fingerprint density at radius 1 is 0.737 bits per heavy atom. The van der Waals surface area contributed by atoms with E-state index in [9.17, 15) is 0 Å². The van der Waals surface area contributed by atoms with E-state index in [2.05, 4.69) is 57.7 Å². The fraction of sp³-hybridized carbons (Fsp3) is 1.00. The Kier molecular flexibility index (Phi) is 8.20. The van der Waals surface area contributed by atoms with E-state index in [0.717, 1.165) is 0 Å². The Labute approximate surface area is 125 Å². The van der Waals surface area contributed by atoms with Crippen molar-refractivity contribution in [2.24, 2.45) is 10.8 Å². The highest BCUT2D eigenvalue weighted by Crippen LogP contribution is 2.55. The van der Waals surface area contributed by atoms with E-state index in [1.165, 1.54) is 51.4 Å². The van der Waals surface area contributed by atoms with E-state index in [1.54, 1.807) is 0 Å². The number of unbranched alkanes of at least 4 members (excludes halogenated alkanes) is 5. The maximum atomic E-state index is 3.12. The van der Waals surface area contributed by atoms with Gasteiger partial charge in [-0.2, -0.15) is 0 Å². The zero-order valence-electron chi connectivity index (χ0n) is 14.7. The van der Waals surface area contributed by atoms with Crippen LogP contribution in [0.2, 0.25) is 0 Å². The summed E-state index contributed by atoms with van der Waals surface area (Å²) in [6, 6.07) is 0. The summed E-state index contributed by atoms with van der Waals surface area (Å²) < 4.78 is 0. The van der Waals surface area contributed by atoms with Crippen LogP contribution in [0, 0.1) is 10.8 Å². The molecular weight excluding hydrogens is 247 g/mol. The monoisotopic (exact) mass is 286 g/mol. The summed E-state index contributed by atoms with van der Waals surface area (Å²) in [5, 5.41) is 0.302. The van der Waals surface area contributed by atoms with Gasteiger partial charge in [0.05, 0.1) is 0 Å². The molecular formula is C18H39P. The number of hydrogen-bond acceptors (Lipinski definition) is 0.